The molecule has 4 fully saturated rings. The normalized spacial score (nSPS) is 34.4. The van der Waals surface area contributed by atoms with Crippen LogP contribution in [-0.4, -0.2) is 95.6 Å². The Balaban J connectivity index is 1.49. The van der Waals surface area contributed by atoms with Crippen molar-refractivity contribution in [2.45, 2.75) is 62.5 Å². The number of esters is 1. The molecule has 0 unspecified atom stereocenters. The van der Waals surface area contributed by atoms with Gasteiger partial charge in [0.2, 0.25) is 11.8 Å². The van der Waals surface area contributed by atoms with Gasteiger partial charge in [-0.3, -0.25) is 19.2 Å². The topological polar surface area (TPSA) is 156 Å². The number of aliphatic hydroxyl groups excluding tert-OH is 2. The molecule has 0 aromatic heterocycles. The maximum absolute atomic E-state index is 14.0. The van der Waals surface area contributed by atoms with Crippen molar-refractivity contribution in [3.05, 3.63) is 33.4 Å². The van der Waals surface area contributed by atoms with Crippen LogP contribution in [0.25, 0.3) is 0 Å². The zero-order valence-corrected chi connectivity index (χ0v) is 21.6. The average molecular weight is 617 g/mol. The first-order valence-electron chi connectivity index (χ1n) is 11.8. The fourth-order valence-electron chi connectivity index (χ4n) is 5.57. The van der Waals surface area contributed by atoms with Gasteiger partial charge in [0.15, 0.2) is 6.04 Å². The van der Waals surface area contributed by atoms with Crippen LogP contribution in [0, 0.1) is 8.99 Å². The highest BCUT2D eigenvalue weighted by Crippen LogP contribution is 2.55. The Labute approximate surface area is 220 Å². The van der Waals surface area contributed by atoms with E-state index in [-0.39, 0.29) is 32.9 Å². The third kappa shape index (κ3) is 4.29. The molecule has 1 aromatic rings. The van der Waals surface area contributed by atoms with Crippen LogP contribution in [0.4, 0.5) is 0 Å². The number of amides is 2. The summed E-state index contributed by atoms with van der Waals surface area (Å²) in [5.74, 6) is -1.90. The molecule has 1 saturated carbocycles. The molecule has 4 aliphatic rings. The number of fused-ring (bicyclic) bond motifs is 4. The molecule has 1 aliphatic carbocycles. The number of hydrogen-bond donors (Lipinski definition) is 4. The molecule has 2 bridgehead atoms. The van der Waals surface area contributed by atoms with Gasteiger partial charge < -0.3 is 35.1 Å². The van der Waals surface area contributed by atoms with Crippen molar-refractivity contribution in [1.82, 2.24) is 15.7 Å². The van der Waals surface area contributed by atoms with Gasteiger partial charge in [-0.25, -0.2) is 0 Å². The summed E-state index contributed by atoms with van der Waals surface area (Å²) in [5, 5.41) is 25.8. The molecule has 2 amide bonds. The summed E-state index contributed by atoms with van der Waals surface area (Å²) in [7, 11) is 0. The van der Waals surface area contributed by atoms with Crippen LogP contribution in [0.5, 0.6) is 0 Å². The smallest absolute Gasteiger partial charge is 0.327 e. The van der Waals surface area contributed by atoms with E-state index in [1.54, 1.807) is 0 Å². The van der Waals surface area contributed by atoms with Gasteiger partial charge in [-0.1, -0.05) is 12.1 Å². The summed E-state index contributed by atoms with van der Waals surface area (Å²) < 4.78 is 18.2. The molecule has 13 heteroatoms. The van der Waals surface area contributed by atoms with Gasteiger partial charge in [-0.2, -0.15) is 5.06 Å². The lowest BCUT2D eigenvalue weighted by Gasteiger charge is -2.49. The second kappa shape index (κ2) is 10.1. The maximum Gasteiger partial charge on any atom is 0.327 e. The SMILES string of the molecule is C[C@H](O)[C@@H](NC(=O)[C@@]12C[C@H]3OC(=O)[C@@H]1N(Cc1ccc(I)cc1)O[C@@H]2[C@H]1OCO[C@H]13)C(=O)NCCO. The quantitative estimate of drug-likeness (QED) is 0.207. The Morgan fingerprint density at radius 1 is 1.25 bits per heavy atom. The minimum Gasteiger partial charge on any atom is -0.458 e. The van der Waals surface area contributed by atoms with Crippen molar-refractivity contribution < 1.29 is 43.6 Å². The number of halogens is 1. The number of hydroxylamine groups is 2. The van der Waals surface area contributed by atoms with E-state index in [0.29, 0.717) is 0 Å². The third-order valence-electron chi connectivity index (χ3n) is 7.21. The molecule has 12 nitrogen and oxygen atoms in total. The lowest BCUT2D eigenvalue weighted by Crippen LogP contribution is -2.71. The molecule has 1 aromatic carbocycles. The predicted molar refractivity (Wildman–Crippen MR) is 129 cm³/mol. The molecular weight excluding hydrogens is 589 g/mol. The van der Waals surface area contributed by atoms with E-state index in [1.165, 1.54) is 12.0 Å². The lowest BCUT2D eigenvalue weighted by atomic mass is 9.62. The molecule has 3 heterocycles. The molecule has 3 aliphatic heterocycles. The van der Waals surface area contributed by atoms with Crippen molar-refractivity contribution in [1.29, 1.82) is 0 Å². The van der Waals surface area contributed by atoms with Gasteiger partial charge in [0.05, 0.1) is 19.3 Å². The summed E-state index contributed by atoms with van der Waals surface area (Å²) >= 11 is 2.20. The number of hydrogen-bond acceptors (Lipinski definition) is 10. The molecule has 8 atom stereocenters. The van der Waals surface area contributed by atoms with Gasteiger partial charge in [0, 0.05) is 16.5 Å². The van der Waals surface area contributed by atoms with Gasteiger partial charge >= 0.3 is 5.97 Å². The largest absolute Gasteiger partial charge is 0.458 e. The van der Waals surface area contributed by atoms with Crippen LogP contribution in [0.2, 0.25) is 0 Å². The summed E-state index contributed by atoms with van der Waals surface area (Å²) in [4.78, 5) is 46.2. The van der Waals surface area contributed by atoms with Crippen LogP contribution in [0.1, 0.15) is 18.9 Å². The minimum absolute atomic E-state index is 0.0252. The number of carbonyl (C=O) groups is 3. The van der Waals surface area contributed by atoms with E-state index in [4.69, 9.17) is 24.2 Å². The number of rotatable bonds is 8. The van der Waals surface area contributed by atoms with Crippen molar-refractivity contribution in [2.24, 2.45) is 5.41 Å². The number of nitrogens with zero attached hydrogens (tertiary/aromatic N) is 1. The molecule has 36 heavy (non-hydrogen) atoms. The Bertz CT molecular complexity index is 1020. The molecule has 0 radical (unpaired) electrons. The standard InChI is InChI=1S/C23H28IN3O9/c1-11(29)15(20(30)25-6-7-28)26-22(32)23-8-14-16-17(34-10-33-16)19(23)36-27(18(23)21(31)35-14)9-12-2-4-13(24)5-3-12/h2-5,11,14-19,28-29H,6-10H2,1H3,(H,25,30)(H,26,32)/t11-,14+,15+,16-,17-,18-,19+,23-/m0/s1. The molecular formula is C23H28IN3O9. The van der Waals surface area contributed by atoms with Crippen LogP contribution in [0.15, 0.2) is 24.3 Å². The maximum atomic E-state index is 14.0. The zero-order chi connectivity index (χ0) is 25.6. The number of aliphatic hydroxyl groups is 2. The first-order chi connectivity index (χ1) is 17.3. The third-order valence-corrected chi connectivity index (χ3v) is 7.93. The molecule has 4 N–H and O–H groups in total. The van der Waals surface area contributed by atoms with Gasteiger partial charge in [0.25, 0.3) is 0 Å². The number of ether oxygens (including phenoxy) is 3. The van der Waals surface area contributed by atoms with E-state index >= 15 is 0 Å². The Hall–Kier alpha value is -1.88. The monoisotopic (exact) mass is 617 g/mol. The van der Waals surface area contributed by atoms with Crippen molar-refractivity contribution in [3.8, 4) is 0 Å². The predicted octanol–water partition coefficient (Wildman–Crippen LogP) is -1.19. The summed E-state index contributed by atoms with van der Waals surface area (Å²) in [6.45, 7) is 1.22. The van der Waals surface area contributed by atoms with Crippen LogP contribution in [0.3, 0.4) is 0 Å². The summed E-state index contributed by atoms with van der Waals surface area (Å²) in [6, 6.07) is 5.27. The second-order valence-electron chi connectivity index (χ2n) is 9.44. The van der Waals surface area contributed by atoms with Crippen molar-refractivity contribution in [2.75, 3.05) is 19.9 Å². The first-order valence-corrected chi connectivity index (χ1v) is 12.8. The van der Waals surface area contributed by atoms with Crippen LogP contribution < -0.4 is 10.6 Å². The Morgan fingerprint density at radius 2 is 1.97 bits per heavy atom. The van der Waals surface area contributed by atoms with E-state index in [0.717, 1.165) is 9.13 Å². The fraction of sp³-hybridized carbons (Fsp3) is 0.609. The summed E-state index contributed by atoms with van der Waals surface area (Å²) in [6.07, 6.45) is -3.98. The molecule has 3 saturated heterocycles. The molecule has 5 rings (SSSR count). The van der Waals surface area contributed by atoms with Crippen LogP contribution in [-0.2, 0) is 40.0 Å². The Morgan fingerprint density at radius 3 is 2.67 bits per heavy atom. The van der Waals surface area contributed by atoms with E-state index in [2.05, 4.69) is 33.2 Å². The highest BCUT2D eigenvalue weighted by atomic mass is 127. The van der Waals surface area contributed by atoms with Gasteiger partial charge in [-0.15, -0.1) is 0 Å². The molecule has 196 valence electrons. The van der Waals surface area contributed by atoms with Crippen LogP contribution >= 0.6 is 22.6 Å². The Kier molecular flexibility index (Phi) is 7.24. The van der Waals surface area contributed by atoms with Crippen molar-refractivity contribution >= 4 is 40.4 Å². The summed E-state index contributed by atoms with van der Waals surface area (Å²) in [5.41, 5.74) is -0.576. The van der Waals surface area contributed by atoms with E-state index in [1.807, 2.05) is 24.3 Å². The average Bonchev–Trinajstić information content (AvgIpc) is 3.46. The zero-order valence-electron chi connectivity index (χ0n) is 19.5. The fourth-order valence-corrected chi connectivity index (χ4v) is 5.93. The molecule has 0 spiro atoms. The van der Waals surface area contributed by atoms with E-state index in [9.17, 15) is 19.5 Å². The number of nitrogens with one attached hydrogen (secondary N) is 2. The van der Waals surface area contributed by atoms with Crippen molar-refractivity contribution in [3.63, 3.8) is 0 Å². The first kappa shape index (κ1) is 25.8. The second-order valence-corrected chi connectivity index (χ2v) is 10.7. The van der Waals surface area contributed by atoms with Gasteiger partial charge in [0.1, 0.15) is 42.7 Å². The lowest BCUT2D eigenvalue weighted by molar-refractivity contribution is -0.201. The number of carbonyl (C=O) groups excluding carboxylic acids is 3. The highest BCUT2D eigenvalue weighted by Gasteiger charge is 2.74. The highest BCUT2D eigenvalue weighted by molar-refractivity contribution is 14.1. The number of benzene rings is 1. The van der Waals surface area contributed by atoms with E-state index < -0.39 is 65.8 Å². The minimum atomic E-state index is -1.44. The van der Waals surface area contributed by atoms with Gasteiger partial charge in [-0.05, 0) is 47.2 Å².